The van der Waals surface area contributed by atoms with E-state index in [2.05, 4.69) is 5.32 Å². The molecule has 2 aromatic carbocycles. The standard InChI is InChI=1S/C20H16N2O7S/c23-16-8-11(7-15(20(16)27)22(28)29)9-18(24)21-14-4-2-1-3-13(14)17-6-5-12(30-17)10-19(25)26/h1-8,23,27H,9-10H2,(H,21,24)(H,25,26). The zero-order chi connectivity index (χ0) is 21.8. The Morgan fingerprint density at radius 3 is 2.50 bits per heavy atom. The number of benzene rings is 2. The Bertz CT molecular complexity index is 1140. The summed E-state index contributed by atoms with van der Waals surface area (Å²) in [6.07, 6.45) is -0.361. The lowest BCUT2D eigenvalue weighted by Crippen LogP contribution is -2.15. The van der Waals surface area contributed by atoms with Gasteiger partial charge in [0.25, 0.3) is 0 Å². The van der Waals surface area contributed by atoms with Crippen LogP contribution >= 0.6 is 11.3 Å². The second-order valence-corrected chi connectivity index (χ2v) is 7.52. The molecule has 30 heavy (non-hydrogen) atoms. The first kappa shape index (κ1) is 20.8. The molecule has 1 aromatic heterocycles. The average Bonchev–Trinajstić information content (AvgIpc) is 3.12. The van der Waals surface area contributed by atoms with E-state index in [-0.39, 0.29) is 18.4 Å². The Hall–Kier alpha value is -3.92. The third-order valence-electron chi connectivity index (χ3n) is 4.14. The highest BCUT2D eigenvalue weighted by molar-refractivity contribution is 7.15. The first-order valence-electron chi connectivity index (χ1n) is 8.63. The summed E-state index contributed by atoms with van der Waals surface area (Å²) in [5.41, 5.74) is 0.658. The fourth-order valence-electron chi connectivity index (χ4n) is 2.86. The van der Waals surface area contributed by atoms with Crippen LogP contribution in [0.5, 0.6) is 11.5 Å². The normalized spacial score (nSPS) is 10.5. The molecule has 0 bridgehead atoms. The van der Waals surface area contributed by atoms with Gasteiger partial charge in [0.1, 0.15) is 0 Å². The van der Waals surface area contributed by atoms with E-state index >= 15 is 0 Å². The number of aromatic hydroxyl groups is 2. The van der Waals surface area contributed by atoms with Crippen LogP contribution in [0, 0.1) is 10.1 Å². The van der Waals surface area contributed by atoms with Crippen LogP contribution in [0.4, 0.5) is 11.4 Å². The van der Waals surface area contributed by atoms with Crippen LogP contribution in [0.15, 0.2) is 48.5 Å². The van der Waals surface area contributed by atoms with E-state index in [9.17, 15) is 29.9 Å². The van der Waals surface area contributed by atoms with Gasteiger partial charge in [0.15, 0.2) is 5.75 Å². The molecule has 0 aliphatic heterocycles. The molecule has 0 unspecified atom stereocenters. The van der Waals surface area contributed by atoms with Gasteiger partial charge in [0, 0.05) is 27.1 Å². The summed E-state index contributed by atoms with van der Waals surface area (Å²) >= 11 is 1.30. The summed E-state index contributed by atoms with van der Waals surface area (Å²) in [7, 11) is 0. The maximum Gasteiger partial charge on any atom is 0.314 e. The first-order valence-corrected chi connectivity index (χ1v) is 9.45. The Morgan fingerprint density at radius 2 is 1.80 bits per heavy atom. The SMILES string of the molecule is O=C(O)Cc1ccc(-c2ccccc2NC(=O)Cc2cc(O)c(O)c([N+](=O)[O-])c2)s1. The summed E-state index contributed by atoms with van der Waals surface area (Å²) in [6, 6.07) is 12.6. The number of carboxylic acids is 1. The van der Waals surface area contributed by atoms with Crippen molar-refractivity contribution in [3.05, 3.63) is 69.1 Å². The second kappa shape index (κ2) is 8.62. The van der Waals surface area contributed by atoms with E-state index in [0.29, 0.717) is 16.1 Å². The van der Waals surface area contributed by atoms with Crippen LogP contribution in [0.3, 0.4) is 0 Å². The predicted octanol–water partition coefficient (Wildman–Crippen LogP) is 3.54. The van der Waals surface area contributed by atoms with Crippen LogP contribution in [-0.4, -0.2) is 32.1 Å². The minimum Gasteiger partial charge on any atom is -0.504 e. The zero-order valence-corrected chi connectivity index (χ0v) is 16.2. The molecule has 0 radical (unpaired) electrons. The maximum atomic E-state index is 12.5. The van der Waals surface area contributed by atoms with Crippen molar-refractivity contribution in [2.75, 3.05) is 5.32 Å². The van der Waals surface area contributed by atoms with Gasteiger partial charge in [0.05, 0.1) is 17.8 Å². The molecule has 0 saturated carbocycles. The van der Waals surface area contributed by atoms with Gasteiger partial charge in [-0.1, -0.05) is 18.2 Å². The van der Waals surface area contributed by atoms with Gasteiger partial charge in [-0.25, -0.2) is 0 Å². The van der Waals surface area contributed by atoms with E-state index in [1.165, 1.54) is 11.3 Å². The van der Waals surface area contributed by atoms with Gasteiger partial charge in [-0.15, -0.1) is 11.3 Å². The number of carbonyl (C=O) groups excluding carboxylic acids is 1. The largest absolute Gasteiger partial charge is 0.504 e. The number of phenolic OH excluding ortho intramolecular Hbond substituents is 2. The summed E-state index contributed by atoms with van der Waals surface area (Å²) in [6.45, 7) is 0. The van der Waals surface area contributed by atoms with Crippen LogP contribution in [-0.2, 0) is 22.4 Å². The number of nitro benzene ring substituents is 1. The molecule has 0 saturated heterocycles. The van der Waals surface area contributed by atoms with Crippen molar-refractivity contribution in [1.29, 1.82) is 0 Å². The number of carboxylic acid groups (broad SMARTS) is 1. The molecule has 0 atom stereocenters. The third-order valence-corrected chi connectivity index (χ3v) is 5.26. The molecule has 0 aliphatic rings. The van der Waals surface area contributed by atoms with E-state index in [1.54, 1.807) is 36.4 Å². The van der Waals surface area contributed by atoms with E-state index in [1.807, 2.05) is 0 Å². The zero-order valence-electron chi connectivity index (χ0n) is 15.4. The van der Waals surface area contributed by atoms with Crippen molar-refractivity contribution in [2.24, 2.45) is 0 Å². The molecular weight excluding hydrogens is 412 g/mol. The molecule has 0 aliphatic carbocycles. The summed E-state index contributed by atoms with van der Waals surface area (Å²) in [4.78, 5) is 35.0. The van der Waals surface area contributed by atoms with Gasteiger partial charge in [0.2, 0.25) is 11.7 Å². The molecule has 3 aromatic rings. The van der Waals surface area contributed by atoms with Gasteiger partial charge in [-0.2, -0.15) is 0 Å². The quantitative estimate of drug-likeness (QED) is 0.255. The highest BCUT2D eigenvalue weighted by Crippen LogP contribution is 2.37. The number of amides is 1. The van der Waals surface area contributed by atoms with E-state index in [0.717, 1.165) is 17.0 Å². The number of carbonyl (C=O) groups is 2. The number of hydrogen-bond donors (Lipinski definition) is 4. The first-order chi connectivity index (χ1) is 14.2. The average molecular weight is 428 g/mol. The summed E-state index contributed by atoms with van der Waals surface area (Å²) in [5.74, 6) is -2.96. The van der Waals surface area contributed by atoms with Crippen LogP contribution in [0.25, 0.3) is 10.4 Å². The fraction of sp³-hybridized carbons (Fsp3) is 0.100. The number of thiophene rings is 1. The lowest BCUT2D eigenvalue weighted by Gasteiger charge is -2.10. The molecule has 4 N–H and O–H groups in total. The van der Waals surface area contributed by atoms with Crippen molar-refractivity contribution in [3.63, 3.8) is 0 Å². The van der Waals surface area contributed by atoms with Gasteiger partial charge >= 0.3 is 11.7 Å². The van der Waals surface area contributed by atoms with Gasteiger partial charge < -0.3 is 20.6 Å². The van der Waals surface area contributed by atoms with E-state index < -0.39 is 34.0 Å². The number of rotatable bonds is 7. The van der Waals surface area contributed by atoms with Crippen molar-refractivity contribution in [3.8, 4) is 21.9 Å². The molecule has 10 heteroatoms. The number of nitrogens with zero attached hydrogens (tertiary/aromatic N) is 1. The second-order valence-electron chi connectivity index (χ2n) is 6.35. The highest BCUT2D eigenvalue weighted by atomic mass is 32.1. The topological polar surface area (TPSA) is 150 Å². The van der Waals surface area contributed by atoms with Gasteiger partial charge in [-0.3, -0.25) is 19.7 Å². The molecule has 0 spiro atoms. The number of phenols is 2. The summed E-state index contributed by atoms with van der Waals surface area (Å²) < 4.78 is 0. The highest BCUT2D eigenvalue weighted by Gasteiger charge is 2.20. The number of hydrogen-bond acceptors (Lipinski definition) is 7. The molecule has 154 valence electrons. The summed E-state index contributed by atoms with van der Waals surface area (Å²) in [5, 5.41) is 41.8. The molecule has 1 heterocycles. The van der Waals surface area contributed by atoms with Crippen molar-refractivity contribution < 1.29 is 29.8 Å². The number of para-hydroxylation sites is 1. The lowest BCUT2D eigenvalue weighted by atomic mass is 10.1. The van der Waals surface area contributed by atoms with Crippen LogP contribution in [0.2, 0.25) is 0 Å². The molecule has 3 rings (SSSR count). The Labute approximate surface area is 174 Å². The minimum absolute atomic E-state index is 0.0949. The molecule has 1 amide bonds. The molecule has 9 nitrogen and oxygen atoms in total. The Kier molecular flexibility index (Phi) is 5.98. The minimum atomic E-state index is -0.934. The van der Waals surface area contributed by atoms with E-state index in [4.69, 9.17) is 5.11 Å². The molecule has 0 fully saturated rings. The number of anilines is 1. The Morgan fingerprint density at radius 1 is 1.07 bits per heavy atom. The maximum absolute atomic E-state index is 12.5. The van der Waals surface area contributed by atoms with Gasteiger partial charge in [-0.05, 0) is 29.8 Å². The number of nitrogens with one attached hydrogen (secondary N) is 1. The fourth-order valence-corrected chi connectivity index (χ4v) is 3.89. The smallest absolute Gasteiger partial charge is 0.314 e. The lowest BCUT2D eigenvalue weighted by molar-refractivity contribution is -0.386. The number of aliphatic carboxylic acids is 1. The van der Waals surface area contributed by atoms with Crippen LogP contribution < -0.4 is 5.32 Å². The van der Waals surface area contributed by atoms with Crippen LogP contribution in [0.1, 0.15) is 10.4 Å². The van der Waals surface area contributed by atoms with Crippen molar-refractivity contribution >= 4 is 34.6 Å². The number of nitro groups is 1. The van der Waals surface area contributed by atoms with Crippen molar-refractivity contribution in [2.45, 2.75) is 12.8 Å². The third kappa shape index (κ3) is 4.73. The Balaban J connectivity index is 1.81. The molecular formula is C20H16N2O7S. The van der Waals surface area contributed by atoms with Crippen molar-refractivity contribution in [1.82, 2.24) is 0 Å². The monoisotopic (exact) mass is 428 g/mol. The predicted molar refractivity (Wildman–Crippen MR) is 110 cm³/mol.